The van der Waals surface area contributed by atoms with Gasteiger partial charge in [0.1, 0.15) is 13.2 Å². The van der Waals surface area contributed by atoms with E-state index in [0.717, 1.165) is 22.6 Å². The Labute approximate surface area is 207 Å². The number of nitrogens with one attached hydrogen (secondary N) is 1. The Morgan fingerprint density at radius 2 is 1.64 bits per heavy atom. The lowest BCUT2D eigenvalue weighted by Crippen LogP contribution is -2.30. The summed E-state index contributed by atoms with van der Waals surface area (Å²) in [4.78, 5) is 29.3. The minimum Gasteiger partial charge on any atom is -0.486 e. The molecule has 9 nitrogen and oxygen atoms in total. The zero-order valence-electron chi connectivity index (χ0n) is 19.4. The van der Waals surface area contributed by atoms with Crippen molar-refractivity contribution < 1.29 is 23.8 Å². The van der Waals surface area contributed by atoms with Gasteiger partial charge in [0.05, 0.1) is 5.69 Å². The number of carbonyl (C=O) groups excluding carboxylic acids is 2. The first-order chi connectivity index (χ1) is 17.7. The molecular formula is C27H24N4O5. The quantitative estimate of drug-likeness (QED) is 0.383. The molecule has 1 aromatic heterocycles. The zero-order valence-corrected chi connectivity index (χ0v) is 19.4. The first-order valence-electron chi connectivity index (χ1n) is 11.6. The van der Waals surface area contributed by atoms with Crippen LogP contribution in [-0.2, 0) is 16.0 Å². The predicted octanol–water partition coefficient (Wildman–Crippen LogP) is 3.22. The molecule has 1 aliphatic heterocycles. The largest absolute Gasteiger partial charge is 0.486 e. The van der Waals surface area contributed by atoms with Crippen molar-refractivity contribution in [1.29, 1.82) is 0 Å². The molecule has 0 saturated carbocycles. The standard InChI is InChI=1S/C27H24N4O5/c32-24(28-14-13-19-11-12-22-23(17-19)35-16-15-34-22)18-36-27(33)25-29-26(20-7-3-1-4-8-20)31(30-25)21-9-5-2-6-10-21/h1-12,17H,13-16,18H2,(H,28,32). The topological polar surface area (TPSA) is 105 Å². The third kappa shape index (κ3) is 5.35. The summed E-state index contributed by atoms with van der Waals surface area (Å²) in [5, 5.41) is 7.10. The molecule has 1 amide bonds. The zero-order chi connectivity index (χ0) is 24.7. The summed E-state index contributed by atoms with van der Waals surface area (Å²) in [5.74, 6) is 0.617. The molecule has 3 aromatic carbocycles. The molecule has 1 aliphatic rings. The lowest BCUT2D eigenvalue weighted by molar-refractivity contribution is -0.124. The molecule has 0 aliphatic carbocycles. The molecule has 36 heavy (non-hydrogen) atoms. The van der Waals surface area contributed by atoms with Crippen molar-refractivity contribution in [3.05, 3.63) is 90.3 Å². The second-order valence-corrected chi connectivity index (χ2v) is 8.03. The number of ether oxygens (including phenoxy) is 3. The fraction of sp³-hybridized carbons (Fsp3) is 0.185. The van der Waals surface area contributed by atoms with Crippen LogP contribution in [0.2, 0.25) is 0 Å². The van der Waals surface area contributed by atoms with E-state index >= 15 is 0 Å². The normalized spacial score (nSPS) is 12.1. The number of hydrogen-bond donors (Lipinski definition) is 1. The third-order valence-corrected chi connectivity index (χ3v) is 5.50. The van der Waals surface area contributed by atoms with Crippen LogP contribution in [0.5, 0.6) is 11.5 Å². The summed E-state index contributed by atoms with van der Waals surface area (Å²) in [6, 6.07) is 24.5. The van der Waals surface area contributed by atoms with Crippen molar-refractivity contribution in [2.75, 3.05) is 26.4 Å². The van der Waals surface area contributed by atoms with E-state index in [1.165, 1.54) is 0 Å². The number of amides is 1. The van der Waals surface area contributed by atoms with Gasteiger partial charge in [-0.15, -0.1) is 5.10 Å². The smallest absolute Gasteiger partial charge is 0.378 e. The average Bonchev–Trinajstić information content (AvgIpc) is 3.38. The number of fused-ring (bicyclic) bond motifs is 1. The third-order valence-electron chi connectivity index (χ3n) is 5.50. The van der Waals surface area contributed by atoms with Crippen LogP contribution < -0.4 is 14.8 Å². The summed E-state index contributed by atoms with van der Waals surface area (Å²) in [5.41, 5.74) is 2.55. The number of aromatic nitrogens is 3. The Hall–Kier alpha value is -4.66. The number of benzene rings is 3. The van der Waals surface area contributed by atoms with Crippen LogP contribution in [0, 0.1) is 0 Å². The SMILES string of the molecule is O=C(COC(=O)c1nc(-c2ccccc2)n(-c2ccccc2)n1)NCCc1ccc2c(c1)OCCO2. The van der Waals surface area contributed by atoms with Gasteiger partial charge in [0, 0.05) is 12.1 Å². The Bertz CT molecular complexity index is 1300. The molecule has 0 saturated heterocycles. The minimum absolute atomic E-state index is 0.123. The highest BCUT2D eigenvalue weighted by molar-refractivity contribution is 5.88. The first-order valence-corrected chi connectivity index (χ1v) is 11.6. The van der Waals surface area contributed by atoms with Gasteiger partial charge in [-0.1, -0.05) is 54.6 Å². The number of rotatable bonds is 8. The molecule has 0 unspecified atom stereocenters. The van der Waals surface area contributed by atoms with Crippen molar-refractivity contribution in [2.24, 2.45) is 0 Å². The number of esters is 1. The van der Waals surface area contributed by atoms with Crippen LogP contribution in [0.1, 0.15) is 16.2 Å². The van der Waals surface area contributed by atoms with Crippen molar-refractivity contribution >= 4 is 11.9 Å². The number of hydrogen-bond acceptors (Lipinski definition) is 7. The van der Waals surface area contributed by atoms with Crippen molar-refractivity contribution in [1.82, 2.24) is 20.1 Å². The van der Waals surface area contributed by atoms with Crippen molar-refractivity contribution in [3.63, 3.8) is 0 Å². The summed E-state index contributed by atoms with van der Waals surface area (Å²) < 4.78 is 17.9. The highest BCUT2D eigenvalue weighted by Gasteiger charge is 2.21. The first kappa shape index (κ1) is 23.1. The lowest BCUT2D eigenvalue weighted by atomic mass is 10.1. The van der Waals surface area contributed by atoms with E-state index in [0.29, 0.717) is 37.8 Å². The Kier molecular flexibility index (Phi) is 6.88. The highest BCUT2D eigenvalue weighted by Crippen LogP contribution is 2.30. The highest BCUT2D eigenvalue weighted by atomic mass is 16.6. The van der Waals surface area contributed by atoms with Gasteiger partial charge in [-0.2, -0.15) is 0 Å². The van der Waals surface area contributed by atoms with E-state index in [-0.39, 0.29) is 5.82 Å². The van der Waals surface area contributed by atoms with Crippen LogP contribution >= 0.6 is 0 Å². The monoisotopic (exact) mass is 484 g/mol. The summed E-state index contributed by atoms with van der Waals surface area (Å²) in [6.45, 7) is 1.01. The lowest BCUT2D eigenvalue weighted by Gasteiger charge is -2.18. The Morgan fingerprint density at radius 3 is 2.42 bits per heavy atom. The van der Waals surface area contributed by atoms with Gasteiger partial charge in [-0.25, -0.2) is 14.5 Å². The average molecular weight is 485 g/mol. The van der Waals surface area contributed by atoms with Gasteiger partial charge >= 0.3 is 5.97 Å². The summed E-state index contributed by atoms with van der Waals surface area (Å²) in [7, 11) is 0. The Balaban J connectivity index is 1.18. The number of nitrogens with zero attached hydrogens (tertiary/aromatic N) is 3. The Morgan fingerprint density at radius 1 is 0.917 bits per heavy atom. The van der Waals surface area contributed by atoms with Crippen LogP contribution in [-0.4, -0.2) is 53.0 Å². The molecule has 0 spiro atoms. The van der Waals surface area contributed by atoms with Crippen LogP contribution in [0.4, 0.5) is 0 Å². The van der Waals surface area contributed by atoms with E-state index in [2.05, 4.69) is 15.4 Å². The maximum absolute atomic E-state index is 12.6. The molecule has 182 valence electrons. The maximum Gasteiger partial charge on any atom is 0.378 e. The van der Waals surface area contributed by atoms with Crippen LogP contribution in [0.15, 0.2) is 78.9 Å². The molecule has 2 heterocycles. The van der Waals surface area contributed by atoms with E-state index in [4.69, 9.17) is 14.2 Å². The second kappa shape index (κ2) is 10.7. The molecule has 0 fully saturated rings. The molecule has 1 N–H and O–H groups in total. The molecule has 0 bridgehead atoms. The summed E-state index contributed by atoms with van der Waals surface area (Å²) in [6.07, 6.45) is 0.597. The molecular weight excluding hydrogens is 460 g/mol. The molecule has 0 atom stereocenters. The molecule has 5 rings (SSSR count). The maximum atomic E-state index is 12.6. The van der Waals surface area contributed by atoms with Gasteiger partial charge in [0.25, 0.3) is 11.7 Å². The van der Waals surface area contributed by atoms with E-state index in [1.54, 1.807) is 4.68 Å². The van der Waals surface area contributed by atoms with Crippen molar-refractivity contribution in [2.45, 2.75) is 6.42 Å². The van der Waals surface area contributed by atoms with E-state index < -0.39 is 18.5 Å². The minimum atomic E-state index is -0.774. The second-order valence-electron chi connectivity index (χ2n) is 8.03. The number of para-hydroxylation sites is 1. The molecule has 4 aromatic rings. The van der Waals surface area contributed by atoms with Gasteiger partial charge in [0.2, 0.25) is 0 Å². The van der Waals surface area contributed by atoms with Gasteiger partial charge in [-0.3, -0.25) is 4.79 Å². The van der Waals surface area contributed by atoms with Crippen LogP contribution in [0.3, 0.4) is 0 Å². The van der Waals surface area contributed by atoms with Gasteiger partial charge < -0.3 is 19.5 Å². The summed E-state index contributed by atoms with van der Waals surface area (Å²) >= 11 is 0. The molecule has 0 radical (unpaired) electrons. The molecule has 9 heteroatoms. The van der Waals surface area contributed by atoms with E-state index in [9.17, 15) is 9.59 Å². The van der Waals surface area contributed by atoms with Gasteiger partial charge in [-0.05, 0) is 36.2 Å². The number of carbonyl (C=O) groups is 2. The van der Waals surface area contributed by atoms with Gasteiger partial charge in [0.15, 0.2) is 23.9 Å². The fourth-order valence-corrected chi connectivity index (χ4v) is 3.76. The van der Waals surface area contributed by atoms with E-state index in [1.807, 2.05) is 78.9 Å². The predicted molar refractivity (Wildman–Crippen MR) is 131 cm³/mol. The fourth-order valence-electron chi connectivity index (χ4n) is 3.76. The van der Waals surface area contributed by atoms with Crippen molar-refractivity contribution in [3.8, 4) is 28.6 Å². The van der Waals surface area contributed by atoms with Crippen LogP contribution in [0.25, 0.3) is 17.1 Å².